The molecule has 18 heavy (non-hydrogen) atoms. The first kappa shape index (κ1) is 15.3. The van der Waals surface area contributed by atoms with Gasteiger partial charge in [-0.3, -0.25) is 14.5 Å². The number of hydrogen-bond acceptors (Lipinski definition) is 5. The molecule has 2 rings (SSSR count). The molecule has 0 unspecified atom stereocenters. The van der Waals surface area contributed by atoms with Crippen LogP contribution < -0.4 is 34.7 Å². The predicted molar refractivity (Wildman–Crippen MR) is 56.3 cm³/mol. The maximum absolute atomic E-state index is 11.2. The number of amides is 1. The van der Waals surface area contributed by atoms with Crippen molar-refractivity contribution in [1.29, 1.82) is 0 Å². The van der Waals surface area contributed by atoms with Gasteiger partial charge in [-0.25, -0.2) is 0 Å². The summed E-state index contributed by atoms with van der Waals surface area (Å²) in [6, 6.07) is 0. The molecule has 0 aromatic carbocycles. The topological polar surface area (TPSA) is 97.7 Å². The van der Waals surface area contributed by atoms with Gasteiger partial charge in [0, 0.05) is 4.91 Å². The number of fused-ring (bicyclic) bond motifs is 1. The first-order valence-corrected chi connectivity index (χ1v) is 5.71. The van der Waals surface area contributed by atoms with E-state index >= 15 is 0 Å². The minimum Gasteiger partial charge on any atom is -0.543 e. The molecule has 1 fully saturated rings. The second-order valence-electron chi connectivity index (χ2n) is 3.54. The van der Waals surface area contributed by atoms with Gasteiger partial charge in [-0.2, -0.15) is 0 Å². The molecule has 0 aromatic heterocycles. The van der Waals surface area contributed by atoms with E-state index in [1.165, 1.54) is 28.8 Å². The van der Waals surface area contributed by atoms with Gasteiger partial charge in [0.15, 0.2) is 0 Å². The molecule has 90 valence electrons. The third-order valence-electron chi connectivity index (χ3n) is 2.40. The van der Waals surface area contributed by atoms with E-state index in [1.807, 2.05) is 0 Å². The number of aliphatic carboxylic acids is 2. The fourth-order valence-electron chi connectivity index (χ4n) is 1.66. The van der Waals surface area contributed by atoms with Crippen LogP contribution in [-0.2, 0) is 14.4 Å². The number of rotatable bonds is 4. The minimum atomic E-state index is -1.41. The van der Waals surface area contributed by atoms with Crippen molar-refractivity contribution in [2.45, 2.75) is 18.2 Å². The number of thioether (sulfide) groups is 1. The molecule has 0 saturated carbocycles. The van der Waals surface area contributed by atoms with Crippen LogP contribution in [0.4, 0.5) is 0 Å². The van der Waals surface area contributed by atoms with Crippen LogP contribution in [0, 0.1) is 0 Å². The van der Waals surface area contributed by atoms with Crippen LogP contribution in [0.2, 0.25) is 0 Å². The standard InChI is InChI=1S/C10H9NO5S.Na/c12-6-4-7-11(6)9(10(15)16)5(17-7)2-1-3-8(13)14;/h1-2,7H,3-4H2,(H,13,14)(H,15,16);/q;+1/p-1/b2-1+;/t7-;/m0./s1. The second-order valence-corrected chi connectivity index (χ2v) is 4.76. The molecule has 0 aromatic rings. The van der Waals surface area contributed by atoms with Crippen LogP contribution >= 0.6 is 11.8 Å². The van der Waals surface area contributed by atoms with Gasteiger partial charge in [-0.1, -0.05) is 17.8 Å². The summed E-state index contributed by atoms with van der Waals surface area (Å²) in [5, 5.41) is 19.2. The molecular weight excluding hydrogens is 269 g/mol. The molecule has 0 bridgehead atoms. The van der Waals surface area contributed by atoms with Gasteiger partial charge in [0.25, 0.3) is 0 Å². The van der Waals surface area contributed by atoms with E-state index in [0.29, 0.717) is 11.3 Å². The van der Waals surface area contributed by atoms with Gasteiger partial charge in [0.05, 0.1) is 29.9 Å². The average Bonchev–Trinajstić information content (AvgIpc) is 2.50. The minimum absolute atomic E-state index is 0. The van der Waals surface area contributed by atoms with Crippen molar-refractivity contribution in [3.8, 4) is 0 Å². The molecule has 0 radical (unpaired) electrons. The molecule has 2 aliphatic rings. The Balaban J connectivity index is 0.00000162. The number of hydrogen-bond donors (Lipinski definition) is 1. The van der Waals surface area contributed by atoms with E-state index in [0.717, 1.165) is 0 Å². The molecular formula is C10H8NNaO5S. The first-order valence-electron chi connectivity index (χ1n) is 4.83. The number of carboxylic acid groups (broad SMARTS) is 2. The number of carboxylic acids is 2. The summed E-state index contributed by atoms with van der Waals surface area (Å²) in [6.45, 7) is 0. The third-order valence-corrected chi connectivity index (χ3v) is 3.63. The Kier molecular flexibility index (Phi) is 5.03. The van der Waals surface area contributed by atoms with Gasteiger partial charge in [-0.05, 0) is 6.08 Å². The molecule has 1 saturated heterocycles. The second kappa shape index (κ2) is 5.92. The van der Waals surface area contributed by atoms with Gasteiger partial charge in [0.2, 0.25) is 5.91 Å². The van der Waals surface area contributed by atoms with Crippen LogP contribution in [0.25, 0.3) is 0 Å². The maximum Gasteiger partial charge on any atom is 1.00 e. The number of carbonyl (C=O) groups excluding carboxylic acids is 2. The zero-order chi connectivity index (χ0) is 12.6. The molecule has 0 spiro atoms. The summed E-state index contributed by atoms with van der Waals surface area (Å²) in [7, 11) is 0. The summed E-state index contributed by atoms with van der Waals surface area (Å²) in [4.78, 5) is 34.0. The van der Waals surface area contributed by atoms with E-state index in [2.05, 4.69) is 0 Å². The summed E-state index contributed by atoms with van der Waals surface area (Å²) < 4.78 is 0. The predicted octanol–water partition coefficient (Wildman–Crippen LogP) is -3.71. The SMILES string of the molecule is O=C(O)C/C=C/C1=C(C(=O)[O-])N2C(=O)C[C@@H]2S1.[Na+]. The van der Waals surface area contributed by atoms with Gasteiger partial charge < -0.3 is 15.0 Å². The molecule has 1 atom stereocenters. The smallest absolute Gasteiger partial charge is 0.543 e. The Labute approximate surface area is 129 Å². The van der Waals surface area contributed by atoms with E-state index in [-0.39, 0.29) is 53.0 Å². The fourth-order valence-corrected chi connectivity index (χ4v) is 2.97. The maximum atomic E-state index is 11.2. The first-order chi connectivity index (χ1) is 8.00. The Morgan fingerprint density at radius 3 is 2.72 bits per heavy atom. The van der Waals surface area contributed by atoms with Gasteiger partial charge in [0.1, 0.15) is 0 Å². The normalized spacial score (nSPS) is 21.7. The zero-order valence-corrected chi connectivity index (χ0v) is 12.4. The van der Waals surface area contributed by atoms with Crippen LogP contribution in [0.15, 0.2) is 22.8 Å². The average molecular weight is 277 g/mol. The van der Waals surface area contributed by atoms with Crippen LogP contribution in [0.3, 0.4) is 0 Å². The van der Waals surface area contributed by atoms with Crippen LogP contribution in [0.5, 0.6) is 0 Å². The number of carbonyl (C=O) groups is 3. The van der Waals surface area contributed by atoms with E-state index in [9.17, 15) is 19.5 Å². The van der Waals surface area contributed by atoms with E-state index in [4.69, 9.17) is 5.11 Å². The summed E-state index contributed by atoms with van der Waals surface area (Å²) >= 11 is 1.24. The summed E-state index contributed by atoms with van der Waals surface area (Å²) in [5.74, 6) is -2.66. The molecule has 2 heterocycles. The zero-order valence-electron chi connectivity index (χ0n) is 9.58. The Morgan fingerprint density at radius 1 is 1.56 bits per heavy atom. The van der Waals surface area contributed by atoms with Crippen molar-refractivity contribution in [3.05, 3.63) is 22.8 Å². The Bertz CT molecular complexity index is 473. The van der Waals surface area contributed by atoms with Crippen molar-refractivity contribution >= 4 is 29.6 Å². The fraction of sp³-hybridized carbons (Fsp3) is 0.300. The molecule has 8 heteroatoms. The van der Waals surface area contributed by atoms with Gasteiger partial charge >= 0.3 is 35.5 Å². The van der Waals surface area contributed by atoms with Crippen LogP contribution in [-0.4, -0.2) is 33.2 Å². The third kappa shape index (κ3) is 2.80. The Morgan fingerprint density at radius 2 is 2.22 bits per heavy atom. The molecule has 1 amide bonds. The van der Waals surface area contributed by atoms with Crippen molar-refractivity contribution < 1.29 is 54.2 Å². The van der Waals surface area contributed by atoms with Crippen molar-refractivity contribution in [2.75, 3.05) is 0 Å². The largest absolute Gasteiger partial charge is 1.00 e. The van der Waals surface area contributed by atoms with Crippen molar-refractivity contribution in [3.63, 3.8) is 0 Å². The van der Waals surface area contributed by atoms with Gasteiger partial charge in [-0.15, -0.1) is 0 Å². The van der Waals surface area contributed by atoms with E-state index < -0.39 is 11.9 Å². The molecule has 0 aliphatic carbocycles. The molecule has 1 N–H and O–H groups in total. The summed E-state index contributed by atoms with van der Waals surface area (Å²) in [5.41, 5.74) is -0.155. The number of nitrogens with zero attached hydrogens (tertiary/aromatic N) is 1. The summed E-state index contributed by atoms with van der Waals surface area (Å²) in [6.07, 6.45) is 2.88. The van der Waals surface area contributed by atoms with Crippen molar-refractivity contribution in [2.24, 2.45) is 0 Å². The molecule has 2 aliphatic heterocycles. The quantitative estimate of drug-likeness (QED) is 0.419. The Hall–Kier alpha value is -0.760. The number of β-lactam (4-membered cyclic amide) rings is 1. The van der Waals surface area contributed by atoms with Crippen molar-refractivity contribution in [1.82, 2.24) is 4.90 Å². The molecule has 6 nitrogen and oxygen atoms in total. The monoisotopic (exact) mass is 277 g/mol. The number of allylic oxidation sites excluding steroid dienone is 1. The van der Waals surface area contributed by atoms with E-state index in [1.54, 1.807) is 0 Å². The van der Waals surface area contributed by atoms with Crippen LogP contribution in [0.1, 0.15) is 12.8 Å².